The van der Waals surface area contributed by atoms with Gasteiger partial charge in [-0.1, -0.05) is 0 Å². The van der Waals surface area contributed by atoms with E-state index in [1.165, 1.54) is 0 Å². The first-order valence-corrected chi connectivity index (χ1v) is 4.62. The first-order valence-electron chi connectivity index (χ1n) is 4.62. The van der Waals surface area contributed by atoms with Crippen LogP contribution in [0.2, 0.25) is 0 Å². The molecule has 0 aromatic rings. The summed E-state index contributed by atoms with van der Waals surface area (Å²) < 4.78 is 0. The summed E-state index contributed by atoms with van der Waals surface area (Å²) in [7, 11) is 0. The predicted octanol–water partition coefficient (Wildman–Crippen LogP) is -0.771. The highest BCUT2D eigenvalue weighted by Gasteiger charge is 2.11. The van der Waals surface area contributed by atoms with Gasteiger partial charge in [-0.05, 0) is 19.3 Å². The quantitative estimate of drug-likeness (QED) is 0.165. The summed E-state index contributed by atoms with van der Waals surface area (Å²) >= 11 is 0. The number of carboxylic acid groups (broad SMARTS) is 1. The lowest BCUT2D eigenvalue weighted by Gasteiger charge is -2.15. The van der Waals surface area contributed by atoms with Crippen LogP contribution < -0.4 is 5.73 Å². The van der Waals surface area contributed by atoms with Gasteiger partial charge in [0.1, 0.15) is 18.5 Å². The van der Waals surface area contributed by atoms with Gasteiger partial charge in [0, 0.05) is 6.54 Å². The van der Waals surface area contributed by atoms with Crippen LogP contribution in [0, 0.1) is 5.41 Å². The lowest BCUT2D eigenvalue weighted by atomic mass is 10.1. The minimum atomic E-state index is -1.04. The highest BCUT2D eigenvalue weighted by molar-refractivity contribution is 5.78. The molecule has 0 saturated carbocycles. The molecule has 7 nitrogen and oxygen atoms in total. The van der Waals surface area contributed by atoms with E-state index in [0.29, 0.717) is 24.3 Å². The van der Waals surface area contributed by atoms with E-state index in [2.05, 4.69) is 0 Å². The lowest BCUT2D eigenvalue weighted by Crippen LogP contribution is -2.32. The zero-order valence-corrected chi connectivity index (χ0v) is 8.39. The number of hydroxylamine groups is 2. The van der Waals surface area contributed by atoms with E-state index < -0.39 is 18.6 Å². The van der Waals surface area contributed by atoms with Crippen LogP contribution in [0.5, 0.6) is 0 Å². The first kappa shape index (κ1) is 13.8. The zero-order valence-electron chi connectivity index (χ0n) is 8.39. The number of carbonyl (C=O) groups is 1. The first-order chi connectivity index (χ1) is 6.99. The molecule has 0 fully saturated rings. The standard InChI is InChI=1S/C8H17N3O4/c9-6(8(13)14)3-1-2-4-11(15)7(10)5-12/h6,10,12,15H,1-5,9H2,(H,13,14)/t6-/m0/s1. The van der Waals surface area contributed by atoms with Crippen LogP contribution in [-0.2, 0) is 4.79 Å². The Morgan fingerprint density at radius 3 is 2.53 bits per heavy atom. The summed E-state index contributed by atoms with van der Waals surface area (Å²) in [5, 5.41) is 33.7. The average Bonchev–Trinajstić information content (AvgIpc) is 2.22. The number of aliphatic hydroxyl groups excluding tert-OH is 1. The summed E-state index contributed by atoms with van der Waals surface area (Å²) in [5.41, 5.74) is 5.26. The van der Waals surface area contributed by atoms with Gasteiger partial charge >= 0.3 is 5.97 Å². The van der Waals surface area contributed by atoms with Gasteiger partial charge in [0.2, 0.25) is 0 Å². The Labute approximate surface area is 87.6 Å². The second kappa shape index (κ2) is 7.16. The van der Waals surface area contributed by atoms with Gasteiger partial charge in [-0.15, -0.1) is 0 Å². The third-order valence-corrected chi connectivity index (χ3v) is 1.91. The molecule has 0 heterocycles. The molecule has 88 valence electrons. The molecule has 0 aliphatic heterocycles. The van der Waals surface area contributed by atoms with Crippen molar-refractivity contribution in [3.63, 3.8) is 0 Å². The molecule has 0 unspecified atom stereocenters. The minimum absolute atomic E-state index is 0.186. The smallest absolute Gasteiger partial charge is 0.320 e. The number of hydrogen-bond donors (Lipinski definition) is 5. The number of nitrogens with one attached hydrogen (secondary N) is 1. The van der Waals surface area contributed by atoms with E-state index in [1.807, 2.05) is 0 Å². The molecular formula is C8H17N3O4. The van der Waals surface area contributed by atoms with Crippen molar-refractivity contribution in [2.75, 3.05) is 13.2 Å². The van der Waals surface area contributed by atoms with Crippen LogP contribution in [-0.4, -0.2) is 51.5 Å². The normalized spacial score (nSPS) is 12.2. The van der Waals surface area contributed by atoms with Crippen LogP contribution in [0.4, 0.5) is 0 Å². The molecule has 0 spiro atoms. The van der Waals surface area contributed by atoms with Crippen molar-refractivity contribution in [1.29, 1.82) is 5.41 Å². The molecule has 6 N–H and O–H groups in total. The molecule has 0 aliphatic rings. The topological polar surface area (TPSA) is 131 Å². The average molecular weight is 219 g/mol. The fraction of sp³-hybridized carbons (Fsp3) is 0.750. The molecule has 0 saturated heterocycles. The van der Waals surface area contributed by atoms with E-state index >= 15 is 0 Å². The maximum absolute atomic E-state index is 10.3. The Bertz CT molecular complexity index is 222. The molecule has 0 amide bonds. The molecule has 0 aliphatic carbocycles. The van der Waals surface area contributed by atoms with Crippen LogP contribution in [0.25, 0.3) is 0 Å². The Morgan fingerprint density at radius 2 is 2.07 bits per heavy atom. The molecule has 1 atom stereocenters. The molecule has 0 rings (SSSR count). The summed E-state index contributed by atoms with van der Waals surface area (Å²) in [6, 6.07) is -0.880. The van der Waals surface area contributed by atoms with Crippen molar-refractivity contribution in [3.8, 4) is 0 Å². The fourth-order valence-corrected chi connectivity index (χ4v) is 0.966. The third-order valence-electron chi connectivity index (χ3n) is 1.91. The molecule has 0 radical (unpaired) electrons. The van der Waals surface area contributed by atoms with Crippen LogP contribution in [0.1, 0.15) is 19.3 Å². The van der Waals surface area contributed by atoms with E-state index in [-0.39, 0.29) is 12.4 Å². The van der Waals surface area contributed by atoms with Gasteiger partial charge in [0.25, 0.3) is 0 Å². The third kappa shape index (κ3) is 6.00. The van der Waals surface area contributed by atoms with E-state index in [1.54, 1.807) is 0 Å². The van der Waals surface area contributed by atoms with Gasteiger partial charge in [0.05, 0.1) is 0 Å². The number of nitrogens with two attached hydrogens (primary N) is 1. The van der Waals surface area contributed by atoms with Crippen LogP contribution >= 0.6 is 0 Å². The SMILES string of the molecule is N=C(CO)N(O)CCCC[C@H](N)C(=O)O. The summed E-state index contributed by atoms with van der Waals surface area (Å²) in [6.07, 6.45) is 1.39. The van der Waals surface area contributed by atoms with Crippen LogP contribution in [0.15, 0.2) is 0 Å². The predicted molar refractivity (Wildman–Crippen MR) is 52.8 cm³/mol. The number of aliphatic hydroxyl groups is 1. The van der Waals surface area contributed by atoms with Crippen molar-refractivity contribution in [2.45, 2.75) is 25.3 Å². The highest BCUT2D eigenvalue weighted by atomic mass is 16.5. The van der Waals surface area contributed by atoms with E-state index in [9.17, 15) is 4.79 Å². The second-order valence-corrected chi connectivity index (χ2v) is 3.17. The molecule has 0 aromatic heterocycles. The van der Waals surface area contributed by atoms with Gasteiger partial charge in [-0.2, -0.15) is 0 Å². The number of unbranched alkanes of at least 4 members (excludes halogenated alkanes) is 1. The van der Waals surface area contributed by atoms with E-state index in [0.717, 1.165) is 0 Å². The maximum atomic E-state index is 10.3. The Balaban J connectivity index is 3.54. The van der Waals surface area contributed by atoms with Crippen molar-refractivity contribution in [3.05, 3.63) is 0 Å². The van der Waals surface area contributed by atoms with E-state index in [4.69, 9.17) is 26.6 Å². The van der Waals surface area contributed by atoms with Crippen molar-refractivity contribution in [1.82, 2.24) is 5.06 Å². The van der Waals surface area contributed by atoms with Crippen molar-refractivity contribution in [2.24, 2.45) is 5.73 Å². The zero-order chi connectivity index (χ0) is 11.8. The van der Waals surface area contributed by atoms with Gasteiger partial charge in [-0.25, -0.2) is 5.06 Å². The second-order valence-electron chi connectivity index (χ2n) is 3.17. The summed E-state index contributed by atoms with van der Waals surface area (Å²) in [4.78, 5) is 10.3. The molecule has 0 bridgehead atoms. The molecule has 0 aromatic carbocycles. The number of rotatable bonds is 7. The largest absolute Gasteiger partial charge is 0.480 e. The molecular weight excluding hydrogens is 202 g/mol. The lowest BCUT2D eigenvalue weighted by molar-refractivity contribution is -0.138. The summed E-state index contributed by atoms with van der Waals surface area (Å²) in [6.45, 7) is -0.336. The monoisotopic (exact) mass is 219 g/mol. The fourth-order valence-electron chi connectivity index (χ4n) is 0.966. The Kier molecular flexibility index (Phi) is 6.59. The van der Waals surface area contributed by atoms with Gasteiger partial charge in [0.15, 0.2) is 0 Å². The number of carboxylic acids is 1. The van der Waals surface area contributed by atoms with Crippen LogP contribution in [0.3, 0.4) is 0 Å². The molecule has 15 heavy (non-hydrogen) atoms. The number of hydrogen-bond acceptors (Lipinski definition) is 5. The number of aliphatic carboxylic acids is 1. The van der Waals surface area contributed by atoms with Crippen molar-refractivity contribution >= 4 is 11.8 Å². The van der Waals surface area contributed by atoms with Gasteiger partial charge < -0.3 is 15.9 Å². The Hall–Kier alpha value is -1.18. The van der Waals surface area contributed by atoms with Crippen molar-refractivity contribution < 1.29 is 20.2 Å². The number of nitrogens with zero attached hydrogens (tertiary/aromatic N) is 1. The molecule has 7 heteroatoms. The van der Waals surface area contributed by atoms with Gasteiger partial charge in [-0.3, -0.25) is 15.4 Å². The highest BCUT2D eigenvalue weighted by Crippen LogP contribution is 2.00. The minimum Gasteiger partial charge on any atom is -0.480 e. The number of amidine groups is 1. The summed E-state index contributed by atoms with van der Waals surface area (Å²) in [5.74, 6) is -1.32. The maximum Gasteiger partial charge on any atom is 0.320 e. The Morgan fingerprint density at radius 1 is 1.47 bits per heavy atom.